The van der Waals surface area contributed by atoms with Gasteiger partial charge >= 0.3 is 5.43 Å². The number of nitrogens with one attached hydrogen (secondary N) is 2. The molecular formula is C13H15ClN2O10S3. The van der Waals surface area contributed by atoms with E-state index in [0.29, 0.717) is 12.1 Å². The van der Waals surface area contributed by atoms with E-state index in [2.05, 4.69) is 4.74 Å². The monoisotopic (exact) mass is 490 g/mol. The zero-order valence-electron chi connectivity index (χ0n) is 14.8. The molecule has 0 bridgehead atoms. The van der Waals surface area contributed by atoms with E-state index in [1.54, 1.807) is 4.72 Å². The van der Waals surface area contributed by atoms with E-state index in [1.807, 2.05) is 0 Å². The van der Waals surface area contributed by atoms with Crippen molar-refractivity contribution in [2.75, 3.05) is 12.4 Å². The third kappa shape index (κ3) is 6.95. The summed E-state index contributed by atoms with van der Waals surface area (Å²) in [6.07, 6.45) is 0. The topological polar surface area (TPSA) is 187 Å². The average Bonchev–Trinajstić information content (AvgIpc) is 2.51. The van der Waals surface area contributed by atoms with Gasteiger partial charge in [-0.1, -0.05) is 0 Å². The number of sulfonamides is 2. The Morgan fingerprint density at radius 3 is 1.90 bits per heavy atom. The standard InChI is InChI=1S/C13H15ClN2O10S3/c1-8(17)15-28(22,23)10-3-4-11(27(20,21)6-5-26-13(14)19)12(7-10)29(24,25)16-9(2)18/h3-4,7H,5-6H2,1-2H3,(H,15,17)(H,16,18). The van der Waals surface area contributed by atoms with E-state index in [4.69, 9.17) is 11.6 Å². The number of hydrogen-bond acceptors (Lipinski definition) is 10. The maximum absolute atomic E-state index is 12.5. The number of sulfone groups is 1. The highest BCUT2D eigenvalue weighted by Gasteiger charge is 2.30. The van der Waals surface area contributed by atoms with E-state index >= 15 is 0 Å². The predicted octanol–water partition coefficient (Wildman–Crippen LogP) is -0.515. The molecule has 1 aromatic rings. The highest BCUT2D eigenvalue weighted by atomic mass is 35.5. The first-order chi connectivity index (χ1) is 13.1. The zero-order valence-corrected chi connectivity index (χ0v) is 18.0. The second-order valence-electron chi connectivity index (χ2n) is 5.34. The first kappa shape index (κ1) is 24.8. The molecule has 0 saturated heterocycles. The van der Waals surface area contributed by atoms with Crippen LogP contribution in [0.5, 0.6) is 0 Å². The van der Waals surface area contributed by atoms with Gasteiger partial charge in [0.25, 0.3) is 20.0 Å². The van der Waals surface area contributed by atoms with Gasteiger partial charge in [-0.3, -0.25) is 9.59 Å². The Morgan fingerprint density at radius 2 is 1.41 bits per heavy atom. The first-order valence-electron chi connectivity index (χ1n) is 7.34. The molecule has 0 spiro atoms. The second-order valence-corrected chi connectivity index (χ2v) is 11.1. The van der Waals surface area contributed by atoms with Crippen LogP contribution in [0.4, 0.5) is 4.79 Å². The van der Waals surface area contributed by atoms with Crippen LogP contribution in [0.25, 0.3) is 0 Å². The fourth-order valence-electron chi connectivity index (χ4n) is 1.96. The molecule has 0 atom stereocenters. The van der Waals surface area contributed by atoms with Crippen molar-refractivity contribution >= 4 is 58.7 Å². The normalized spacial score (nSPS) is 12.1. The smallest absolute Gasteiger partial charge is 0.403 e. The van der Waals surface area contributed by atoms with Crippen LogP contribution in [0.1, 0.15) is 13.8 Å². The number of carbonyl (C=O) groups is 3. The molecule has 2 amide bonds. The van der Waals surface area contributed by atoms with Gasteiger partial charge in [-0.25, -0.2) is 39.5 Å². The minimum absolute atomic E-state index is 0.469. The summed E-state index contributed by atoms with van der Waals surface area (Å²) in [7, 11) is -13.8. The summed E-state index contributed by atoms with van der Waals surface area (Å²) in [5.41, 5.74) is -1.29. The molecule has 0 aliphatic carbocycles. The Balaban J connectivity index is 3.64. The number of hydrogen-bond donors (Lipinski definition) is 2. The summed E-state index contributed by atoms with van der Waals surface area (Å²) >= 11 is 4.93. The lowest BCUT2D eigenvalue weighted by atomic mass is 10.4. The fourth-order valence-corrected chi connectivity index (χ4v) is 6.10. The van der Waals surface area contributed by atoms with Crippen LogP contribution < -0.4 is 9.44 Å². The summed E-state index contributed by atoms with van der Waals surface area (Å²) in [6.45, 7) is 1.02. The molecule has 0 aromatic heterocycles. The van der Waals surface area contributed by atoms with E-state index in [9.17, 15) is 39.6 Å². The maximum atomic E-state index is 12.5. The minimum Gasteiger partial charge on any atom is -0.453 e. The van der Waals surface area contributed by atoms with Crippen LogP contribution in [0.2, 0.25) is 0 Å². The molecule has 16 heteroatoms. The second kappa shape index (κ2) is 9.06. The van der Waals surface area contributed by atoms with Crippen LogP contribution in [-0.4, -0.2) is 54.9 Å². The van der Waals surface area contributed by atoms with E-state index in [-0.39, 0.29) is 0 Å². The molecule has 29 heavy (non-hydrogen) atoms. The van der Waals surface area contributed by atoms with Crippen molar-refractivity contribution in [1.82, 2.24) is 9.44 Å². The molecule has 1 rings (SSSR count). The number of rotatable bonds is 8. The van der Waals surface area contributed by atoms with Gasteiger partial charge in [-0.15, -0.1) is 0 Å². The number of benzene rings is 1. The van der Waals surface area contributed by atoms with Crippen LogP contribution in [0.3, 0.4) is 0 Å². The van der Waals surface area contributed by atoms with Crippen molar-refractivity contribution in [3.63, 3.8) is 0 Å². The lowest BCUT2D eigenvalue weighted by Crippen LogP contribution is -2.31. The van der Waals surface area contributed by atoms with Crippen molar-refractivity contribution < 1.29 is 44.4 Å². The first-order valence-corrected chi connectivity index (χ1v) is 12.3. The molecule has 0 aliphatic rings. The third-order valence-corrected chi connectivity index (χ3v) is 7.85. The molecule has 162 valence electrons. The number of carbonyl (C=O) groups excluding carboxylic acids is 3. The van der Waals surface area contributed by atoms with Crippen molar-refractivity contribution in [2.24, 2.45) is 0 Å². The molecule has 2 N–H and O–H groups in total. The van der Waals surface area contributed by atoms with E-state index in [1.165, 1.54) is 4.72 Å². The van der Waals surface area contributed by atoms with Crippen LogP contribution in [0, 0.1) is 0 Å². The molecule has 0 fully saturated rings. The average molecular weight is 491 g/mol. The van der Waals surface area contributed by atoms with Gasteiger partial charge in [0, 0.05) is 25.4 Å². The molecule has 0 saturated carbocycles. The summed E-state index contributed by atoms with van der Waals surface area (Å²) in [6, 6.07) is 1.89. The fraction of sp³-hybridized carbons (Fsp3) is 0.308. The minimum atomic E-state index is -4.82. The lowest BCUT2D eigenvalue weighted by molar-refractivity contribution is -0.118. The number of amides is 2. The summed E-state index contributed by atoms with van der Waals surface area (Å²) in [5.74, 6) is -2.93. The van der Waals surface area contributed by atoms with Gasteiger partial charge in [0.1, 0.15) is 11.5 Å². The van der Waals surface area contributed by atoms with Gasteiger partial charge in [0.05, 0.1) is 15.5 Å². The molecule has 1 aromatic carbocycles. The Kier molecular flexibility index (Phi) is 7.75. The van der Waals surface area contributed by atoms with Crippen LogP contribution in [-0.2, 0) is 44.2 Å². The van der Waals surface area contributed by atoms with Crippen molar-refractivity contribution in [3.8, 4) is 0 Å². The largest absolute Gasteiger partial charge is 0.453 e. The lowest BCUT2D eigenvalue weighted by Gasteiger charge is -2.13. The van der Waals surface area contributed by atoms with Gasteiger partial charge in [-0.2, -0.15) is 0 Å². The van der Waals surface area contributed by atoms with Crippen molar-refractivity contribution in [3.05, 3.63) is 18.2 Å². The summed E-state index contributed by atoms with van der Waals surface area (Å²) < 4.78 is 81.4. The zero-order chi connectivity index (χ0) is 22.6. The van der Waals surface area contributed by atoms with Gasteiger partial charge in [0.2, 0.25) is 11.8 Å². The third-order valence-electron chi connectivity index (χ3n) is 2.97. The van der Waals surface area contributed by atoms with Crippen LogP contribution in [0.15, 0.2) is 32.9 Å². The molecule has 0 aliphatic heterocycles. The molecule has 0 heterocycles. The highest BCUT2D eigenvalue weighted by molar-refractivity contribution is 7.94. The summed E-state index contributed by atoms with van der Waals surface area (Å²) in [4.78, 5) is 30.1. The van der Waals surface area contributed by atoms with E-state index in [0.717, 1.165) is 19.9 Å². The highest BCUT2D eigenvalue weighted by Crippen LogP contribution is 2.26. The Hall–Kier alpha value is -2.23. The number of halogens is 1. The van der Waals surface area contributed by atoms with Crippen molar-refractivity contribution in [1.29, 1.82) is 0 Å². The Morgan fingerprint density at radius 1 is 0.897 bits per heavy atom. The number of ether oxygens (including phenoxy) is 1. The molecule has 0 unspecified atom stereocenters. The molecular weight excluding hydrogens is 476 g/mol. The molecule has 12 nitrogen and oxygen atoms in total. The van der Waals surface area contributed by atoms with Crippen molar-refractivity contribution in [2.45, 2.75) is 28.5 Å². The van der Waals surface area contributed by atoms with Gasteiger partial charge in [0.15, 0.2) is 9.84 Å². The Bertz CT molecular complexity index is 1160. The van der Waals surface area contributed by atoms with E-state index < -0.39 is 74.2 Å². The Labute approximate surface area is 171 Å². The van der Waals surface area contributed by atoms with Gasteiger partial charge < -0.3 is 4.74 Å². The van der Waals surface area contributed by atoms with Crippen LogP contribution >= 0.6 is 11.6 Å². The molecule has 0 radical (unpaired) electrons. The maximum Gasteiger partial charge on any atom is 0.403 e. The SMILES string of the molecule is CC(=O)NS(=O)(=O)c1ccc(S(=O)(=O)CCOC(=O)Cl)c(S(=O)(=O)NC(C)=O)c1. The summed E-state index contributed by atoms with van der Waals surface area (Å²) in [5, 5.41) is 0. The predicted molar refractivity (Wildman–Crippen MR) is 97.7 cm³/mol. The quantitative estimate of drug-likeness (QED) is 0.449. The van der Waals surface area contributed by atoms with Gasteiger partial charge in [-0.05, 0) is 18.2 Å².